The summed E-state index contributed by atoms with van der Waals surface area (Å²) in [6, 6.07) is 3.47. The summed E-state index contributed by atoms with van der Waals surface area (Å²) in [6.07, 6.45) is 4.59. The molecule has 0 atom stereocenters. The van der Waals surface area contributed by atoms with E-state index in [0.29, 0.717) is 10.9 Å². The zero-order chi connectivity index (χ0) is 14.2. The van der Waals surface area contributed by atoms with Crippen molar-refractivity contribution in [1.29, 1.82) is 0 Å². The standard InChI is InChI=1S/C12H12N4O3S/c17-10(4-3-9-2-1-7-19-9)13-6-5-11(18)15-12-16-14-8-20-12/h1-4,7-8H,5-6H2,(H,13,17)(H,15,16,18). The highest BCUT2D eigenvalue weighted by molar-refractivity contribution is 7.13. The van der Waals surface area contributed by atoms with Gasteiger partial charge in [0, 0.05) is 19.0 Å². The summed E-state index contributed by atoms with van der Waals surface area (Å²) in [5.74, 6) is 0.0799. The normalized spacial score (nSPS) is 10.6. The van der Waals surface area contributed by atoms with Crippen LogP contribution in [0.4, 0.5) is 5.13 Å². The van der Waals surface area contributed by atoms with E-state index in [9.17, 15) is 9.59 Å². The number of rotatable bonds is 6. The van der Waals surface area contributed by atoms with Gasteiger partial charge < -0.3 is 15.1 Å². The van der Waals surface area contributed by atoms with Gasteiger partial charge in [-0.3, -0.25) is 9.59 Å². The third kappa shape index (κ3) is 4.65. The van der Waals surface area contributed by atoms with Gasteiger partial charge in [0.25, 0.3) is 0 Å². The van der Waals surface area contributed by atoms with E-state index in [1.807, 2.05) is 0 Å². The number of amides is 2. The van der Waals surface area contributed by atoms with Crippen molar-refractivity contribution in [3.63, 3.8) is 0 Å². The Hall–Kier alpha value is -2.48. The van der Waals surface area contributed by atoms with Gasteiger partial charge in [-0.25, -0.2) is 0 Å². The molecule has 104 valence electrons. The van der Waals surface area contributed by atoms with E-state index in [1.54, 1.807) is 18.2 Å². The van der Waals surface area contributed by atoms with Crippen molar-refractivity contribution in [1.82, 2.24) is 15.5 Å². The maximum absolute atomic E-state index is 11.5. The molecule has 2 aromatic rings. The van der Waals surface area contributed by atoms with Crippen LogP contribution in [0.25, 0.3) is 6.08 Å². The molecule has 8 heteroatoms. The first-order valence-electron chi connectivity index (χ1n) is 5.79. The fourth-order valence-electron chi connectivity index (χ4n) is 1.31. The number of nitrogens with one attached hydrogen (secondary N) is 2. The van der Waals surface area contributed by atoms with Crippen LogP contribution in [0.1, 0.15) is 12.2 Å². The number of carbonyl (C=O) groups is 2. The Morgan fingerprint density at radius 3 is 3.05 bits per heavy atom. The average Bonchev–Trinajstić information content (AvgIpc) is 3.09. The van der Waals surface area contributed by atoms with Gasteiger partial charge in [0.15, 0.2) is 0 Å². The smallest absolute Gasteiger partial charge is 0.244 e. The summed E-state index contributed by atoms with van der Waals surface area (Å²) >= 11 is 1.23. The van der Waals surface area contributed by atoms with Gasteiger partial charge in [-0.1, -0.05) is 11.3 Å². The third-order valence-electron chi connectivity index (χ3n) is 2.20. The van der Waals surface area contributed by atoms with Gasteiger partial charge >= 0.3 is 0 Å². The first-order chi connectivity index (χ1) is 9.74. The molecule has 2 rings (SSSR count). The molecule has 2 amide bonds. The molecule has 0 saturated carbocycles. The van der Waals surface area contributed by atoms with Crippen LogP contribution in [0.5, 0.6) is 0 Å². The highest BCUT2D eigenvalue weighted by atomic mass is 32.1. The maximum atomic E-state index is 11.5. The van der Waals surface area contributed by atoms with Crippen LogP contribution in [-0.2, 0) is 9.59 Å². The Morgan fingerprint density at radius 1 is 1.45 bits per heavy atom. The van der Waals surface area contributed by atoms with E-state index in [2.05, 4.69) is 20.8 Å². The fourth-order valence-corrected chi connectivity index (χ4v) is 1.77. The van der Waals surface area contributed by atoms with Gasteiger partial charge in [-0.05, 0) is 18.2 Å². The number of nitrogens with zero attached hydrogens (tertiary/aromatic N) is 2. The molecule has 0 aliphatic heterocycles. The summed E-state index contributed by atoms with van der Waals surface area (Å²) in [7, 11) is 0. The van der Waals surface area contributed by atoms with Crippen LogP contribution in [0, 0.1) is 0 Å². The molecule has 0 aromatic carbocycles. The van der Waals surface area contributed by atoms with Gasteiger partial charge in [0.2, 0.25) is 16.9 Å². The second kappa shape index (κ2) is 7.19. The molecule has 0 bridgehead atoms. The van der Waals surface area contributed by atoms with Crippen molar-refractivity contribution in [2.24, 2.45) is 0 Å². The molecule has 2 N–H and O–H groups in total. The van der Waals surface area contributed by atoms with E-state index in [-0.39, 0.29) is 24.8 Å². The van der Waals surface area contributed by atoms with Crippen molar-refractivity contribution >= 4 is 34.4 Å². The summed E-state index contributed by atoms with van der Waals surface area (Å²) in [5.41, 5.74) is 1.52. The van der Waals surface area contributed by atoms with E-state index in [0.717, 1.165) is 0 Å². The Labute approximate surface area is 118 Å². The molecule has 0 spiro atoms. The number of anilines is 1. The molecule has 0 fully saturated rings. The highest BCUT2D eigenvalue weighted by Gasteiger charge is 2.05. The highest BCUT2D eigenvalue weighted by Crippen LogP contribution is 2.07. The van der Waals surface area contributed by atoms with Crippen LogP contribution in [0.2, 0.25) is 0 Å². The van der Waals surface area contributed by atoms with Gasteiger partial charge in [0.1, 0.15) is 11.3 Å². The minimum absolute atomic E-state index is 0.167. The van der Waals surface area contributed by atoms with E-state index < -0.39 is 0 Å². The predicted molar refractivity (Wildman–Crippen MR) is 73.9 cm³/mol. The van der Waals surface area contributed by atoms with Gasteiger partial charge in [0.05, 0.1) is 6.26 Å². The second-order valence-corrected chi connectivity index (χ2v) is 4.52. The van der Waals surface area contributed by atoms with Gasteiger partial charge in [-0.15, -0.1) is 10.2 Å². The third-order valence-corrected chi connectivity index (χ3v) is 2.81. The largest absolute Gasteiger partial charge is 0.465 e. The lowest BCUT2D eigenvalue weighted by atomic mass is 10.3. The summed E-state index contributed by atoms with van der Waals surface area (Å²) < 4.78 is 5.04. The maximum Gasteiger partial charge on any atom is 0.244 e. The molecule has 2 heterocycles. The zero-order valence-corrected chi connectivity index (χ0v) is 11.2. The number of aromatic nitrogens is 2. The molecule has 0 aliphatic rings. The van der Waals surface area contributed by atoms with Crippen molar-refractivity contribution in [2.75, 3.05) is 11.9 Å². The van der Waals surface area contributed by atoms with Crippen molar-refractivity contribution in [3.8, 4) is 0 Å². The summed E-state index contributed by atoms with van der Waals surface area (Å²) in [5, 5.41) is 12.9. The van der Waals surface area contributed by atoms with Crippen molar-refractivity contribution in [3.05, 3.63) is 35.7 Å². The lowest BCUT2D eigenvalue weighted by Gasteiger charge is -2.02. The first kappa shape index (κ1) is 13.9. The van der Waals surface area contributed by atoms with Gasteiger partial charge in [-0.2, -0.15) is 0 Å². The molecular formula is C12H12N4O3S. The number of hydrogen-bond donors (Lipinski definition) is 2. The number of carbonyl (C=O) groups excluding carboxylic acids is 2. The van der Waals surface area contributed by atoms with Crippen molar-refractivity contribution in [2.45, 2.75) is 6.42 Å². The van der Waals surface area contributed by atoms with Crippen LogP contribution in [0.3, 0.4) is 0 Å². The quantitative estimate of drug-likeness (QED) is 0.782. The summed E-state index contributed by atoms with van der Waals surface area (Å²) in [4.78, 5) is 22.9. The Bertz CT molecular complexity index is 578. The van der Waals surface area contributed by atoms with Crippen LogP contribution in [0.15, 0.2) is 34.4 Å². The molecule has 0 unspecified atom stereocenters. The predicted octanol–water partition coefficient (Wildman–Crippen LogP) is 1.29. The molecule has 7 nitrogen and oxygen atoms in total. The number of hydrogen-bond acceptors (Lipinski definition) is 6. The van der Waals surface area contributed by atoms with Crippen LogP contribution < -0.4 is 10.6 Å². The zero-order valence-electron chi connectivity index (χ0n) is 10.4. The monoisotopic (exact) mass is 292 g/mol. The number of furan rings is 1. The minimum atomic E-state index is -0.287. The van der Waals surface area contributed by atoms with E-state index in [1.165, 1.54) is 29.2 Å². The Balaban J connectivity index is 1.65. The lowest BCUT2D eigenvalue weighted by Crippen LogP contribution is -2.26. The first-order valence-corrected chi connectivity index (χ1v) is 6.67. The molecule has 20 heavy (non-hydrogen) atoms. The van der Waals surface area contributed by atoms with E-state index in [4.69, 9.17) is 4.42 Å². The van der Waals surface area contributed by atoms with E-state index >= 15 is 0 Å². The summed E-state index contributed by atoms with van der Waals surface area (Å²) in [6.45, 7) is 0.242. The van der Waals surface area contributed by atoms with Crippen LogP contribution in [-0.4, -0.2) is 28.6 Å². The second-order valence-electron chi connectivity index (χ2n) is 3.68. The Morgan fingerprint density at radius 2 is 2.35 bits per heavy atom. The molecule has 0 saturated heterocycles. The molecule has 2 aromatic heterocycles. The molecular weight excluding hydrogens is 280 g/mol. The SMILES string of the molecule is O=C(C=Cc1ccco1)NCCC(=O)Nc1nncs1. The minimum Gasteiger partial charge on any atom is -0.465 e. The lowest BCUT2D eigenvalue weighted by molar-refractivity contribution is -0.117. The topological polar surface area (TPSA) is 97.1 Å². The fraction of sp³-hybridized carbons (Fsp3) is 0.167. The van der Waals surface area contributed by atoms with Crippen molar-refractivity contribution < 1.29 is 14.0 Å². The molecule has 0 radical (unpaired) electrons. The molecule has 0 aliphatic carbocycles. The average molecular weight is 292 g/mol. The van der Waals surface area contributed by atoms with Crippen LogP contribution >= 0.6 is 11.3 Å². The Kier molecular flexibility index (Phi) is 5.01.